The maximum absolute atomic E-state index is 12.6. The quantitative estimate of drug-likeness (QED) is 0.645. The van der Waals surface area contributed by atoms with Crippen LogP contribution in [0.5, 0.6) is 0 Å². The van der Waals surface area contributed by atoms with Crippen LogP contribution in [0.25, 0.3) is 20.2 Å². The zero-order valence-corrected chi connectivity index (χ0v) is 13.6. The highest BCUT2D eigenvalue weighted by molar-refractivity contribution is 7.26. The molecule has 24 heavy (non-hydrogen) atoms. The van der Waals surface area contributed by atoms with Crippen molar-refractivity contribution in [2.45, 2.75) is 18.5 Å². The van der Waals surface area contributed by atoms with E-state index < -0.39 is 0 Å². The van der Waals surface area contributed by atoms with Gasteiger partial charge in [0.15, 0.2) is 0 Å². The smallest absolute Gasteiger partial charge is 0.252 e. The van der Waals surface area contributed by atoms with Gasteiger partial charge in [-0.2, -0.15) is 0 Å². The van der Waals surface area contributed by atoms with Crippen molar-refractivity contribution in [1.29, 1.82) is 0 Å². The van der Waals surface area contributed by atoms with Gasteiger partial charge in [-0.1, -0.05) is 42.5 Å². The van der Waals surface area contributed by atoms with Gasteiger partial charge in [-0.25, -0.2) is 0 Å². The van der Waals surface area contributed by atoms with Crippen LogP contribution < -0.4 is 10.6 Å². The molecule has 4 heteroatoms. The molecule has 116 valence electrons. The van der Waals surface area contributed by atoms with Crippen LogP contribution >= 0.6 is 11.3 Å². The van der Waals surface area contributed by atoms with Gasteiger partial charge in [-0.3, -0.25) is 4.79 Å². The highest BCUT2D eigenvalue weighted by Crippen LogP contribution is 2.51. The molecular weight excluding hydrogens is 316 g/mol. The van der Waals surface area contributed by atoms with Crippen LogP contribution in [0.3, 0.4) is 0 Å². The molecule has 2 aromatic carbocycles. The number of fused-ring (bicyclic) bond motifs is 10. The second-order valence-electron chi connectivity index (χ2n) is 6.59. The van der Waals surface area contributed by atoms with Gasteiger partial charge in [0.2, 0.25) is 0 Å². The number of benzene rings is 2. The van der Waals surface area contributed by atoms with Crippen molar-refractivity contribution in [3.8, 4) is 0 Å². The molecular formula is C20H14N2OS. The Kier molecular flexibility index (Phi) is 2.28. The van der Waals surface area contributed by atoms with E-state index in [2.05, 4.69) is 59.2 Å². The normalized spacial score (nSPS) is 23.2. The number of amides is 1. The first-order valence-electron chi connectivity index (χ1n) is 8.22. The van der Waals surface area contributed by atoms with E-state index in [-0.39, 0.29) is 17.9 Å². The van der Waals surface area contributed by atoms with Crippen molar-refractivity contribution >= 4 is 43.1 Å². The Morgan fingerprint density at radius 2 is 2.00 bits per heavy atom. The Labute approximate surface area is 142 Å². The van der Waals surface area contributed by atoms with Gasteiger partial charge in [0.1, 0.15) is 0 Å². The number of nitrogens with one attached hydrogen (secondary N) is 2. The van der Waals surface area contributed by atoms with E-state index in [4.69, 9.17) is 0 Å². The SMILES string of the molecule is O=C1NCc2c1c1c(c3sc4ccccc4c23)NC2C=CC=CC12. The topological polar surface area (TPSA) is 41.1 Å². The van der Waals surface area contributed by atoms with Crippen LogP contribution in [0.2, 0.25) is 0 Å². The van der Waals surface area contributed by atoms with Crippen molar-refractivity contribution in [2.24, 2.45) is 0 Å². The molecule has 2 atom stereocenters. The molecule has 3 aromatic rings. The van der Waals surface area contributed by atoms with Crippen molar-refractivity contribution in [2.75, 3.05) is 5.32 Å². The highest BCUT2D eigenvalue weighted by Gasteiger charge is 2.39. The summed E-state index contributed by atoms with van der Waals surface area (Å²) in [7, 11) is 0. The van der Waals surface area contributed by atoms with Crippen LogP contribution in [0, 0.1) is 0 Å². The Balaban J connectivity index is 1.83. The molecule has 3 nitrogen and oxygen atoms in total. The predicted octanol–water partition coefficient (Wildman–Crippen LogP) is 4.30. The molecule has 0 saturated heterocycles. The number of rotatable bonds is 0. The van der Waals surface area contributed by atoms with Crippen molar-refractivity contribution in [3.63, 3.8) is 0 Å². The van der Waals surface area contributed by atoms with Gasteiger partial charge in [0.25, 0.3) is 5.91 Å². The lowest BCUT2D eigenvalue weighted by Gasteiger charge is -2.16. The lowest BCUT2D eigenvalue weighted by Crippen LogP contribution is -2.19. The third-order valence-electron chi connectivity index (χ3n) is 5.40. The molecule has 1 amide bonds. The molecule has 1 aliphatic carbocycles. The predicted molar refractivity (Wildman–Crippen MR) is 98.9 cm³/mol. The van der Waals surface area contributed by atoms with Gasteiger partial charge in [0, 0.05) is 27.9 Å². The van der Waals surface area contributed by atoms with E-state index in [0.29, 0.717) is 6.54 Å². The zero-order valence-electron chi connectivity index (χ0n) is 12.8. The summed E-state index contributed by atoms with van der Waals surface area (Å²) in [6.45, 7) is 0.635. The monoisotopic (exact) mass is 330 g/mol. The van der Waals surface area contributed by atoms with Gasteiger partial charge >= 0.3 is 0 Å². The molecule has 0 bridgehead atoms. The lowest BCUT2D eigenvalue weighted by atomic mass is 9.86. The number of carbonyl (C=O) groups is 1. The van der Waals surface area contributed by atoms with E-state index in [9.17, 15) is 4.79 Å². The molecule has 2 unspecified atom stereocenters. The lowest BCUT2D eigenvalue weighted by molar-refractivity contribution is 0.0965. The number of carbonyl (C=O) groups excluding carboxylic acids is 1. The van der Waals surface area contributed by atoms with Gasteiger partial charge in [-0.05, 0) is 17.2 Å². The molecule has 0 saturated carbocycles. The third-order valence-corrected chi connectivity index (χ3v) is 6.59. The van der Waals surface area contributed by atoms with E-state index in [1.54, 1.807) is 0 Å². The Hall–Kier alpha value is -2.59. The fraction of sp³-hybridized carbons (Fsp3) is 0.150. The molecule has 3 aliphatic rings. The Morgan fingerprint density at radius 3 is 2.96 bits per heavy atom. The molecule has 2 aliphatic heterocycles. The maximum atomic E-state index is 12.6. The summed E-state index contributed by atoms with van der Waals surface area (Å²) in [6.07, 6.45) is 8.59. The van der Waals surface area contributed by atoms with Gasteiger partial charge < -0.3 is 10.6 Å². The average molecular weight is 330 g/mol. The molecule has 0 fully saturated rings. The Morgan fingerprint density at radius 1 is 1.12 bits per heavy atom. The zero-order chi connectivity index (χ0) is 15.8. The van der Waals surface area contributed by atoms with E-state index in [0.717, 1.165) is 11.3 Å². The minimum Gasteiger partial charge on any atom is -0.376 e. The van der Waals surface area contributed by atoms with E-state index in [1.807, 2.05) is 11.3 Å². The second kappa shape index (κ2) is 4.28. The van der Waals surface area contributed by atoms with Crippen molar-refractivity contribution in [1.82, 2.24) is 5.32 Å². The number of hydrogen-bond donors (Lipinski definition) is 2. The highest BCUT2D eigenvalue weighted by atomic mass is 32.1. The Bertz CT molecular complexity index is 1120. The van der Waals surface area contributed by atoms with Crippen LogP contribution in [0.1, 0.15) is 27.4 Å². The minimum absolute atomic E-state index is 0.0730. The molecule has 6 rings (SSSR count). The van der Waals surface area contributed by atoms with E-state index in [1.165, 1.54) is 31.3 Å². The largest absolute Gasteiger partial charge is 0.376 e. The molecule has 1 aromatic heterocycles. The van der Waals surface area contributed by atoms with Crippen LogP contribution in [-0.2, 0) is 6.54 Å². The van der Waals surface area contributed by atoms with Crippen LogP contribution in [-0.4, -0.2) is 11.9 Å². The first-order chi connectivity index (χ1) is 11.8. The molecule has 2 N–H and O–H groups in total. The summed E-state index contributed by atoms with van der Waals surface area (Å²) in [6, 6.07) is 8.76. The fourth-order valence-corrected chi connectivity index (χ4v) is 5.67. The summed E-state index contributed by atoms with van der Waals surface area (Å²) in [5, 5.41) is 9.25. The second-order valence-corrected chi connectivity index (χ2v) is 7.65. The summed E-state index contributed by atoms with van der Waals surface area (Å²) in [4.78, 5) is 12.6. The summed E-state index contributed by atoms with van der Waals surface area (Å²) < 4.78 is 2.57. The molecule has 0 radical (unpaired) electrons. The standard InChI is InChI=1S/C20H14N2OS/c23-20-17-12(9-21-20)15-11-6-2-4-8-14(11)24-19(15)18-16(17)10-5-1-3-7-13(10)22-18/h1-8,10,13,22H,9H2,(H,21,23). The van der Waals surface area contributed by atoms with E-state index >= 15 is 0 Å². The van der Waals surface area contributed by atoms with Gasteiger partial charge in [-0.15, -0.1) is 11.3 Å². The van der Waals surface area contributed by atoms with Crippen LogP contribution in [0.15, 0.2) is 48.6 Å². The van der Waals surface area contributed by atoms with Crippen molar-refractivity contribution in [3.05, 3.63) is 65.3 Å². The summed E-state index contributed by atoms with van der Waals surface area (Å²) in [5.74, 6) is 0.320. The van der Waals surface area contributed by atoms with Crippen molar-refractivity contribution < 1.29 is 4.79 Å². The molecule has 0 spiro atoms. The number of thiophene rings is 1. The molecule has 3 heterocycles. The first-order valence-corrected chi connectivity index (χ1v) is 9.04. The average Bonchev–Trinajstić information content (AvgIpc) is 3.27. The maximum Gasteiger partial charge on any atom is 0.252 e. The van der Waals surface area contributed by atoms with Crippen LogP contribution in [0.4, 0.5) is 5.69 Å². The minimum atomic E-state index is 0.0730. The summed E-state index contributed by atoms with van der Waals surface area (Å²) in [5.41, 5.74) is 4.43. The number of anilines is 1. The third kappa shape index (κ3) is 1.41. The number of hydrogen-bond acceptors (Lipinski definition) is 3. The van der Waals surface area contributed by atoms with Gasteiger partial charge in [0.05, 0.1) is 22.0 Å². The summed E-state index contributed by atoms with van der Waals surface area (Å²) >= 11 is 1.83. The fourth-order valence-electron chi connectivity index (χ4n) is 4.41. The first kappa shape index (κ1) is 12.8. The number of allylic oxidation sites excluding steroid dienone is 2.